The first-order chi connectivity index (χ1) is 6.95. The van der Waals surface area contributed by atoms with Crippen LogP contribution in [0.15, 0.2) is 18.2 Å². The number of aryl methyl sites for hydroxylation is 1. The fraction of sp³-hybridized carbons (Fsp3) is 0.333. The lowest BCUT2D eigenvalue weighted by Crippen LogP contribution is -2.34. The van der Waals surface area contributed by atoms with Crippen LogP contribution in [0.3, 0.4) is 0 Å². The summed E-state index contributed by atoms with van der Waals surface area (Å²) in [6, 6.07) is 3.39. The molecule has 0 aliphatic rings. The Hall–Kier alpha value is -1.17. The van der Waals surface area contributed by atoms with E-state index in [1.54, 1.807) is 6.92 Å². The van der Waals surface area contributed by atoms with Crippen LogP contribution in [0.25, 0.3) is 0 Å². The summed E-state index contributed by atoms with van der Waals surface area (Å²) in [6.07, 6.45) is 0. The monoisotopic (exact) mass is 219 g/mol. The van der Waals surface area contributed by atoms with E-state index in [0.717, 1.165) is 12.1 Å². The van der Waals surface area contributed by atoms with Gasteiger partial charge in [-0.25, -0.2) is 0 Å². The van der Waals surface area contributed by atoms with Gasteiger partial charge in [-0.05, 0) is 18.6 Å². The van der Waals surface area contributed by atoms with Crippen LogP contribution in [0.1, 0.15) is 5.56 Å². The van der Waals surface area contributed by atoms with Crippen LogP contribution >= 0.6 is 0 Å². The molecule has 0 amide bonds. The van der Waals surface area contributed by atoms with E-state index in [4.69, 9.17) is 4.74 Å². The van der Waals surface area contributed by atoms with Crippen molar-refractivity contribution in [3.8, 4) is 5.75 Å². The number of hydrogen-bond donors (Lipinski definition) is 0. The van der Waals surface area contributed by atoms with Crippen LogP contribution < -0.4 is 10.2 Å². The Morgan fingerprint density at radius 1 is 1.27 bits per heavy atom. The molecular weight excluding hydrogens is 208 g/mol. The van der Waals surface area contributed by atoms with Crippen LogP contribution in [-0.4, -0.2) is 20.9 Å². The molecule has 2 nitrogen and oxygen atoms in total. The minimum Gasteiger partial charge on any atom is -0.467 e. The van der Waals surface area contributed by atoms with Crippen LogP contribution in [0.2, 0.25) is 0 Å². The van der Waals surface area contributed by atoms with Gasteiger partial charge in [-0.1, -0.05) is 12.1 Å². The van der Waals surface area contributed by atoms with Crippen molar-refractivity contribution in [1.29, 1.82) is 0 Å². The molecule has 1 aromatic carbocycles. The van der Waals surface area contributed by atoms with Crippen LogP contribution in [0.5, 0.6) is 5.75 Å². The first-order valence-electron chi connectivity index (χ1n) is 4.37. The maximum absolute atomic E-state index is 12.3. The third-order valence-corrected chi connectivity index (χ3v) is 1.91. The predicted octanol–water partition coefficient (Wildman–Crippen LogP) is 2.03. The second-order valence-electron chi connectivity index (χ2n) is 3.15. The first kappa shape index (κ1) is 11.9. The SMILES string of the molecule is COCOc1ccc([B-](F)(F)F)cc1C. The van der Waals surface area contributed by atoms with E-state index in [1.807, 2.05) is 0 Å². The Labute approximate surface area is 86.1 Å². The smallest absolute Gasteiger partial charge is 0.467 e. The Balaban J connectivity index is 2.88. The Kier molecular flexibility index (Phi) is 3.63. The van der Waals surface area contributed by atoms with Crippen molar-refractivity contribution in [3.63, 3.8) is 0 Å². The largest absolute Gasteiger partial charge is 0.509 e. The fourth-order valence-electron chi connectivity index (χ4n) is 1.16. The zero-order chi connectivity index (χ0) is 11.5. The van der Waals surface area contributed by atoms with Crippen LogP contribution in [0.4, 0.5) is 12.9 Å². The summed E-state index contributed by atoms with van der Waals surface area (Å²) in [5.74, 6) is 0.403. The summed E-state index contributed by atoms with van der Waals surface area (Å²) in [4.78, 5) is 0. The number of halogens is 3. The molecule has 0 spiro atoms. The highest BCUT2D eigenvalue weighted by molar-refractivity contribution is 6.73. The molecule has 0 aromatic heterocycles. The van der Waals surface area contributed by atoms with Crippen molar-refractivity contribution in [2.24, 2.45) is 0 Å². The summed E-state index contributed by atoms with van der Waals surface area (Å²) >= 11 is 0. The van der Waals surface area contributed by atoms with Gasteiger partial charge in [0.25, 0.3) is 0 Å². The molecule has 0 unspecified atom stereocenters. The molecule has 1 aromatic rings. The van der Waals surface area contributed by atoms with E-state index in [2.05, 4.69) is 4.74 Å². The van der Waals surface area contributed by atoms with Gasteiger partial charge in [-0.2, -0.15) is 0 Å². The average molecular weight is 219 g/mol. The molecule has 15 heavy (non-hydrogen) atoms. The van der Waals surface area contributed by atoms with Crippen LogP contribution in [-0.2, 0) is 4.74 Å². The zero-order valence-electron chi connectivity index (χ0n) is 8.47. The predicted molar refractivity (Wildman–Crippen MR) is 52.4 cm³/mol. The van der Waals surface area contributed by atoms with Crippen molar-refractivity contribution >= 4 is 12.4 Å². The van der Waals surface area contributed by atoms with Crippen molar-refractivity contribution in [2.75, 3.05) is 13.9 Å². The number of rotatable bonds is 4. The third kappa shape index (κ3) is 3.16. The molecule has 0 bridgehead atoms. The summed E-state index contributed by atoms with van der Waals surface area (Å²) in [7, 11) is 1.45. The van der Waals surface area contributed by atoms with Gasteiger partial charge in [-0.15, -0.1) is 5.46 Å². The molecule has 84 valence electrons. The van der Waals surface area contributed by atoms with Gasteiger partial charge < -0.3 is 22.4 Å². The molecule has 0 atom stereocenters. The molecule has 6 heteroatoms. The van der Waals surface area contributed by atoms with Gasteiger partial charge in [0.05, 0.1) is 0 Å². The minimum absolute atomic E-state index is 0.0251. The zero-order valence-corrected chi connectivity index (χ0v) is 8.47. The van der Waals surface area contributed by atoms with Gasteiger partial charge in [0.2, 0.25) is 0 Å². The van der Waals surface area contributed by atoms with E-state index in [0.29, 0.717) is 11.3 Å². The number of methoxy groups -OCH3 is 1. The minimum atomic E-state index is -4.94. The summed E-state index contributed by atoms with van der Waals surface area (Å²) < 4.78 is 46.8. The number of benzene rings is 1. The standard InChI is InChI=1S/C9H11BF3O2/c1-7-5-8(10(11,12)13)3-4-9(7)15-6-14-2/h3-5H,6H2,1-2H3/q-1. The normalized spacial score (nSPS) is 11.5. The topological polar surface area (TPSA) is 18.5 Å². The molecule has 0 aliphatic heterocycles. The summed E-state index contributed by atoms with van der Waals surface area (Å²) in [5.41, 5.74) is -0.166. The Bertz CT molecular complexity index is 339. The van der Waals surface area contributed by atoms with Crippen molar-refractivity contribution in [1.82, 2.24) is 0 Å². The number of ether oxygens (including phenoxy) is 2. The van der Waals surface area contributed by atoms with Gasteiger partial charge in [0, 0.05) is 7.11 Å². The van der Waals surface area contributed by atoms with Gasteiger partial charge in [-0.3, -0.25) is 0 Å². The van der Waals surface area contributed by atoms with Gasteiger partial charge in [0.1, 0.15) is 5.75 Å². The maximum Gasteiger partial charge on any atom is 0.509 e. The lowest BCUT2D eigenvalue weighted by molar-refractivity contribution is 0.0506. The second-order valence-corrected chi connectivity index (χ2v) is 3.15. The molecule has 1 rings (SSSR count). The lowest BCUT2D eigenvalue weighted by atomic mass is 9.79. The second kappa shape index (κ2) is 4.57. The fourth-order valence-corrected chi connectivity index (χ4v) is 1.16. The van der Waals surface area contributed by atoms with Gasteiger partial charge >= 0.3 is 6.98 Å². The Morgan fingerprint density at radius 2 is 1.93 bits per heavy atom. The van der Waals surface area contributed by atoms with E-state index in [1.165, 1.54) is 13.2 Å². The van der Waals surface area contributed by atoms with E-state index in [-0.39, 0.29) is 6.79 Å². The average Bonchev–Trinajstić information content (AvgIpc) is 2.14. The summed E-state index contributed by atoms with van der Waals surface area (Å²) in [6.45, 7) is -3.35. The van der Waals surface area contributed by atoms with Crippen molar-refractivity contribution in [2.45, 2.75) is 6.92 Å². The maximum atomic E-state index is 12.3. The highest BCUT2D eigenvalue weighted by atomic mass is 19.4. The first-order valence-corrected chi connectivity index (χ1v) is 4.37. The van der Waals surface area contributed by atoms with Crippen molar-refractivity contribution < 1.29 is 22.4 Å². The molecule has 0 N–H and O–H groups in total. The van der Waals surface area contributed by atoms with Crippen LogP contribution in [0, 0.1) is 6.92 Å². The molecule has 0 fully saturated rings. The highest BCUT2D eigenvalue weighted by Crippen LogP contribution is 2.18. The molecule has 0 aliphatic carbocycles. The number of hydrogen-bond acceptors (Lipinski definition) is 2. The molecule has 0 radical (unpaired) electrons. The van der Waals surface area contributed by atoms with E-state index >= 15 is 0 Å². The quantitative estimate of drug-likeness (QED) is 0.569. The Morgan fingerprint density at radius 3 is 2.40 bits per heavy atom. The molecule has 0 heterocycles. The third-order valence-electron chi connectivity index (χ3n) is 1.91. The van der Waals surface area contributed by atoms with Crippen molar-refractivity contribution in [3.05, 3.63) is 23.8 Å². The van der Waals surface area contributed by atoms with E-state index in [9.17, 15) is 12.9 Å². The molecular formula is C9H11BF3O2-. The molecule has 0 saturated carbocycles. The molecule has 0 saturated heterocycles. The van der Waals surface area contributed by atoms with E-state index < -0.39 is 12.4 Å². The van der Waals surface area contributed by atoms with Gasteiger partial charge in [0.15, 0.2) is 6.79 Å². The lowest BCUT2D eigenvalue weighted by Gasteiger charge is -2.17. The highest BCUT2D eigenvalue weighted by Gasteiger charge is 2.25. The summed E-state index contributed by atoms with van der Waals surface area (Å²) in [5, 5.41) is 0.